The Morgan fingerprint density at radius 3 is 2.33 bits per heavy atom. The first-order valence-electron chi connectivity index (χ1n) is 8.15. The van der Waals surface area contributed by atoms with Crippen LogP contribution in [0.2, 0.25) is 0 Å². The van der Waals surface area contributed by atoms with Gasteiger partial charge in [-0.2, -0.15) is 0 Å². The molecule has 2 N–H and O–H groups in total. The van der Waals surface area contributed by atoms with Gasteiger partial charge in [-0.1, -0.05) is 31.4 Å². The lowest BCUT2D eigenvalue weighted by molar-refractivity contribution is 0.0704. The zero-order chi connectivity index (χ0) is 15.3. The molecule has 1 aliphatic carbocycles. The van der Waals surface area contributed by atoms with Gasteiger partial charge in [-0.15, -0.1) is 0 Å². The Labute approximate surface area is 129 Å². The molecule has 0 aromatic heterocycles. The third kappa shape index (κ3) is 3.98. The number of ether oxygens (including phenoxy) is 1. The number of hydrogen-bond acceptors (Lipinski definition) is 3. The smallest absolute Gasteiger partial charge is 0.118 e. The van der Waals surface area contributed by atoms with Crippen molar-refractivity contribution in [3.63, 3.8) is 0 Å². The molecule has 0 heterocycles. The second kappa shape index (κ2) is 7.28. The van der Waals surface area contributed by atoms with Crippen LogP contribution in [0, 0.1) is 0 Å². The van der Waals surface area contributed by atoms with E-state index in [1.807, 2.05) is 12.1 Å². The van der Waals surface area contributed by atoms with E-state index in [0.29, 0.717) is 12.6 Å². The van der Waals surface area contributed by atoms with Crippen LogP contribution in [0.25, 0.3) is 0 Å². The average Bonchev–Trinajstić information content (AvgIpc) is 2.55. The van der Waals surface area contributed by atoms with Crippen molar-refractivity contribution in [3.05, 3.63) is 29.8 Å². The standard InChI is InChI=1S/C18H30N2O/c1-18(14-19,20(2)16-7-5-4-6-8-16)13-15-9-11-17(21-3)12-10-15/h9-12,16H,4-8,13-14,19H2,1-3H3. The monoisotopic (exact) mass is 290 g/mol. The lowest BCUT2D eigenvalue weighted by Crippen LogP contribution is -2.55. The van der Waals surface area contributed by atoms with Crippen LogP contribution in [0.3, 0.4) is 0 Å². The minimum absolute atomic E-state index is 0.0244. The fourth-order valence-electron chi connectivity index (χ4n) is 3.43. The number of rotatable bonds is 6. The Hall–Kier alpha value is -1.06. The number of hydrogen-bond donors (Lipinski definition) is 1. The van der Waals surface area contributed by atoms with Crippen molar-refractivity contribution in [2.75, 3.05) is 20.7 Å². The first kappa shape index (κ1) is 16.3. The van der Waals surface area contributed by atoms with Crippen LogP contribution >= 0.6 is 0 Å². The summed E-state index contributed by atoms with van der Waals surface area (Å²) in [6, 6.07) is 9.06. The number of nitrogens with zero attached hydrogens (tertiary/aromatic N) is 1. The molecule has 1 unspecified atom stereocenters. The molecule has 0 bridgehead atoms. The molecule has 118 valence electrons. The molecule has 21 heavy (non-hydrogen) atoms. The lowest BCUT2D eigenvalue weighted by atomic mass is 9.86. The van der Waals surface area contributed by atoms with Crippen LogP contribution in [-0.2, 0) is 6.42 Å². The van der Waals surface area contributed by atoms with Crippen molar-refractivity contribution in [2.45, 2.75) is 57.0 Å². The molecular formula is C18H30N2O. The quantitative estimate of drug-likeness (QED) is 0.874. The Balaban J connectivity index is 2.07. The van der Waals surface area contributed by atoms with E-state index in [1.165, 1.54) is 37.7 Å². The summed E-state index contributed by atoms with van der Waals surface area (Å²) in [5, 5.41) is 0. The molecule has 0 radical (unpaired) electrons. The molecule has 0 amide bonds. The van der Waals surface area contributed by atoms with Gasteiger partial charge in [0.2, 0.25) is 0 Å². The van der Waals surface area contributed by atoms with Gasteiger partial charge in [-0.25, -0.2) is 0 Å². The Morgan fingerprint density at radius 2 is 1.81 bits per heavy atom. The summed E-state index contributed by atoms with van der Waals surface area (Å²) in [5.41, 5.74) is 7.50. The molecule has 3 nitrogen and oxygen atoms in total. The van der Waals surface area contributed by atoms with Crippen molar-refractivity contribution >= 4 is 0 Å². The normalized spacial score (nSPS) is 19.5. The molecule has 1 atom stereocenters. The molecule has 3 heteroatoms. The lowest BCUT2D eigenvalue weighted by Gasteiger charge is -2.44. The maximum atomic E-state index is 6.15. The second-order valence-electron chi connectivity index (χ2n) is 6.63. The van der Waals surface area contributed by atoms with Crippen molar-refractivity contribution in [2.24, 2.45) is 5.73 Å². The van der Waals surface area contributed by atoms with Gasteiger partial charge in [0.1, 0.15) is 5.75 Å². The van der Waals surface area contributed by atoms with Crippen LogP contribution in [0.4, 0.5) is 0 Å². The van der Waals surface area contributed by atoms with E-state index in [-0.39, 0.29) is 5.54 Å². The van der Waals surface area contributed by atoms with Gasteiger partial charge in [0.15, 0.2) is 0 Å². The van der Waals surface area contributed by atoms with Crippen molar-refractivity contribution in [3.8, 4) is 5.75 Å². The molecular weight excluding hydrogens is 260 g/mol. The maximum Gasteiger partial charge on any atom is 0.118 e. The Kier molecular flexibility index (Phi) is 5.65. The molecule has 0 saturated heterocycles. The molecule has 0 aliphatic heterocycles. The zero-order valence-electron chi connectivity index (χ0n) is 13.8. The highest BCUT2D eigenvalue weighted by molar-refractivity contribution is 5.28. The summed E-state index contributed by atoms with van der Waals surface area (Å²) in [5.74, 6) is 0.911. The number of nitrogens with two attached hydrogens (primary N) is 1. The van der Waals surface area contributed by atoms with E-state index in [1.54, 1.807) is 7.11 Å². The van der Waals surface area contributed by atoms with Gasteiger partial charge in [-0.05, 0) is 50.9 Å². The average molecular weight is 290 g/mol. The van der Waals surface area contributed by atoms with Crippen molar-refractivity contribution in [1.82, 2.24) is 4.90 Å². The van der Waals surface area contributed by atoms with E-state index in [2.05, 4.69) is 31.0 Å². The van der Waals surface area contributed by atoms with Crippen LogP contribution in [-0.4, -0.2) is 37.2 Å². The van der Waals surface area contributed by atoms with Crippen LogP contribution in [0.1, 0.15) is 44.6 Å². The van der Waals surface area contributed by atoms with Gasteiger partial charge in [0.05, 0.1) is 7.11 Å². The molecule has 1 aliphatic rings. The summed E-state index contributed by atoms with van der Waals surface area (Å²) in [7, 11) is 3.96. The third-order valence-electron chi connectivity index (χ3n) is 5.16. The van der Waals surface area contributed by atoms with Crippen molar-refractivity contribution in [1.29, 1.82) is 0 Å². The summed E-state index contributed by atoms with van der Waals surface area (Å²) in [6.07, 6.45) is 7.72. The van der Waals surface area contributed by atoms with Crippen LogP contribution in [0.5, 0.6) is 5.75 Å². The predicted molar refractivity (Wildman–Crippen MR) is 88.8 cm³/mol. The number of likely N-dealkylation sites (N-methyl/N-ethyl adjacent to an activating group) is 1. The van der Waals surface area contributed by atoms with Gasteiger partial charge < -0.3 is 10.5 Å². The summed E-state index contributed by atoms with van der Waals surface area (Å²) >= 11 is 0. The Morgan fingerprint density at radius 1 is 1.19 bits per heavy atom. The summed E-state index contributed by atoms with van der Waals surface area (Å²) < 4.78 is 5.23. The minimum Gasteiger partial charge on any atom is -0.497 e. The van der Waals surface area contributed by atoms with Gasteiger partial charge in [0.25, 0.3) is 0 Å². The van der Waals surface area contributed by atoms with Crippen LogP contribution in [0.15, 0.2) is 24.3 Å². The minimum atomic E-state index is 0.0244. The van der Waals surface area contributed by atoms with Crippen LogP contribution < -0.4 is 10.5 Å². The van der Waals surface area contributed by atoms with E-state index < -0.39 is 0 Å². The highest BCUT2D eigenvalue weighted by Gasteiger charge is 2.33. The van der Waals surface area contributed by atoms with E-state index in [9.17, 15) is 0 Å². The molecule has 1 aromatic carbocycles. The highest BCUT2D eigenvalue weighted by atomic mass is 16.5. The second-order valence-corrected chi connectivity index (χ2v) is 6.63. The topological polar surface area (TPSA) is 38.5 Å². The fraction of sp³-hybridized carbons (Fsp3) is 0.667. The molecule has 1 saturated carbocycles. The maximum absolute atomic E-state index is 6.15. The SMILES string of the molecule is COc1ccc(CC(C)(CN)N(C)C2CCCCC2)cc1. The first-order valence-corrected chi connectivity index (χ1v) is 8.15. The molecule has 0 spiro atoms. The largest absolute Gasteiger partial charge is 0.497 e. The summed E-state index contributed by atoms with van der Waals surface area (Å²) in [6.45, 7) is 2.98. The fourth-order valence-corrected chi connectivity index (χ4v) is 3.43. The summed E-state index contributed by atoms with van der Waals surface area (Å²) in [4.78, 5) is 2.54. The first-order chi connectivity index (χ1) is 10.1. The van der Waals surface area contributed by atoms with Crippen molar-refractivity contribution < 1.29 is 4.74 Å². The van der Waals surface area contributed by atoms with Gasteiger partial charge in [-0.3, -0.25) is 4.90 Å². The van der Waals surface area contributed by atoms with E-state index in [4.69, 9.17) is 10.5 Å². The molecule has 1 aromatic rings. The van der Waals surface area contributed by atoms with Gasteiger partial charge in [0, 0.05) is 18.1 Å². The van der Waals surface area contributed by atoms with E-state index >= 15 is 0 Å². The predicted octanol–water partition coefficient (Wildman–Crippen LogP) is 3.22. The number of methoxy groups -OCH3 is 1. The number of benzene rings is 1. The zero-order valence-corrected chi connectivity index (χ0v) is 13.8. The van der Waals surface area contributed by atoms with Gasteiger partial charge >= 0.3 is 0 Å². The molecule has 1 fully saturated rings. The Bertz CT molecular complexity index is 425. The third-order valence-corrected chi connectivity index (χ3v) is 5.16. The highest BCUT2D eigenvalue weighted by Crippen LogP contribution is 2.29. The molecule has 2 rings (SSSR count). The van der Waals surface area contributed by atoms with E-state index in [0.717, 1.165) is 12.2 Å².